The van der Waals surface area contributed by atoms with Crippen LogP contribution in [0.3, 0.4) is 0 Å². The van der Waals surface area contributed by atoms with Gasteiger partial charge >= 0.3 is 4.87 Å². The highest BCUT2D eigenvalue weighted by Gasteiger charge is 2.06. The largest absolute Gasteiger partial charge is 0.496 e. The summed E-state index contributed by atoms with van der Waals surface area (Å²) < 4.78 is 6.79. The lowest BCUT2D eigenvalue weighted by Crippen LogP contribution is -2.13. The molecule has 0 unspecified atom stereocenters. The molecule has 0 amide bonds. The number of ether oxygens (including phenoxy) is 1. The van der Waals surface area contributed by atoms with Gasteiger partial charge in [-0.25, -0.2) is 0 Å². The molecule has 0 fully saturated rings. The molecule has 2 rings (SSSR count). The fourth-order valence-corrected chi connectivity index (χ4v) is 2.17. The second kappa shape index (κ2) is 4.97. The van der Waals surface area contributed by atoms with Gasteiger partial charge in [0.15, 0.2) is 0 Å². The van der Waals surface area contributed by atoms with Crippen LogP contribution in [0.4, 0.5) is 0 Å². The number of thiazole rings is 1. The van der Waals surface area contributed by atoms with Crippen molar-refractivity contribution >= 4 is 17.6 Å². The number of benzene rings is 1. The maximum atomic E-state index is 11.4. The van der Waals surface area contributed by atoms with Crippen molar-refractivity contribution in [1.82, 2.24) is 4.57 Å². The van der Waals surface area contributed by atoms with E-state index in [1.165, 1.54) is 0 Å². The molecule has 0 atom stereocenters. The van der Waals surface area contributed by atoms with Crippen LogP contribution in [0.1, 0.15) is 15.9 Å². The molecule has 4 nitrogen and oxygen atoms in total. The predicted molar refractivity (Wildman–Crippen MR) is 66.1 cm³/mol. The first-order valence-electron chi connectivity index (χ1n) is 5.00. The van der Waals surface area contributed by atoms with Gasteiger partial charge in [0.05, 0.1) is 13.7 Å². The molecule has 2 aromatic rings. The summed E-state index contributed by atoms with van der Waals surface area (Å²) in [7, 11) is 1.57. The van der Waals surface area contributed by atoms with Gasteiger partial charge < -0.3 is 9.30 Å². The summed E-state index contributed by atoms with van der Waals surface area (Å²) >= 11 is 1.14. The van der Waals surface area contributed by atoms with Crippen LogP contribution in [0, 0.1) is 0 Å². The van der Waals surface area contributed by atoms with E-state index in [-0.39, 0.29) is 4.87 Å². The SMILES string of the molecule is COc1ccc(C=O)cc1Cn1ccsc1=O. The highest BCUT2D eigenvalue weighted by Crippen LogP contribution is 2.20. The van der Waals surface area contributed by atoms with Crippen LogP contribution >= 0.6 is 11.3 Å². The molecular weight excluding hydrogens is 238 g/mol. The Balaban J connectivity index is 2.39. The first-order valence-corrected chi connectivity index (χ1v) is 5.88. The number of aldehydes is 1. The highest BCUT2D eigenvalue weighted by molar-refractivity contribution is 7.07. The molecule has 0 radical (unpaired) electrons. The Morgan fingerprint density at radius 1 is 1.47 bits per heavy atom. The van der Waals surface area contributed by atoms with Crippen LogP contribution in [0.2, 0.25) is 0 Å². The summed E-state index contributed by atoms with van der Waals surface area (Å²) in [6.07, 6.45) is 2.50. The van der Waals surface area contributed by atoms with Crippen molar-refractivity contribution in [2.24, 2.45) is 0 Å². The van der Waals surface area contributed by atoms with E-state index < -0.39 is 0 Å². The van der Waals surface area contributed by atoms with Gasteiger partial charge in [-0.1, -0.05) is 11.3 Å². The lowest BCUT2D eigenvalue weighted by molar-refractivity contribution is 0.112. The zero-order valence-electron chi connectivity index (χ0n) is 9.25. The third-order valence-electron chi connectivity index (χ3n) is 2.43. The second-order valence-corrected chi connectivity index (χ2v) is 4.34. The molecule has 17 heavy (non-hydrogen) atoms. The topological polar surface area (TPSA) is 48.3 Å². The summed E-state index contributed by atoms with van der Waals surface area (Å²) in [6, 6.07) is 5.15. The fourth-order valence-electron chi connectivity index (χ4n) is 1.59. The molecule has 0 saturated carbocycles. The molecule has 0 aliphatic heterocycles. The monoisotopic (exact) mass is 249 g/mol. The van der Waals surface area contributed by atoms with Gasteiger partial charge in [0.2, 0.25) is 0 Å². The third-order valence-corrected chi connectivity index (χ3v) is 3.12. The van der Waals surface area contributed by atoms with Crippen molar-refractivity contribution in [2.75, 3.05) is 7.11 Å². The quantitative estimate of drug-likeness (QED) is 0.776. The van der Waals surface area contributed by atoms with Crippen LogP contribution in [-0.4, -0.2) is 18.0 Å². The van der Waals surface area contributed by atoms with E-state index >= 15 is 0 Å². The molecule has 0 spiro atoms. The van der Waals surface area contributed by atoms with Crippen LogP contribution < -0.4 is 9.61 Å². The Bertz CT molecular complexity index is 585. The Kier molecular flexibility index (Phi) is 3.39. The highest BCUT2D eigenvalue weighted by atomic mass is 32.1. The Labute approximate surface area is 102 Å². The second-order valence-electron chi connectivity index (χ2n) is 3.49. The van der Waals surface area contributed by atoms with Crippen molar-refractivity contribution in [3.05, 3.63) is 50.6 Å². The summed E-state index contributed by atoms with van der Waals surface area (Å²) in [4.78, 5) is 22.1. The average molecular weight is 249 g/mol. The molecule has 0 N–H and O–H groups in total. The number of hydrogen-bond acceptors (Lipinski definition) is 4. The first-order chi connectivity index (χ1) is 8.24. The third kappa shape index (κ3) is 2.45. The van der Waals surface area contributed by atoms with Gasteiger partial charge in [0.25, 0.3) is 0 Å². The summed E-state index contributed by atoms with van der Waals surface area (Å²) in [5, 5.41) is 1.73. The minimum absolute atomic E-state index is 0.0245. The van der Waals surface area contributed by atoms with Crippen LogP contribution in [0.15, 0.2) is 34.6 Å². The number of methoxy groups -OCH3 is 1. The summed E-state index contributed by atoms with van der Waals surface area (Å²) in [5.41, 5.74) is 1.39. The molecule has 1 aromatic carbocycles. The average Bonchev–Trinajstić information content (AvgIpc) is 2.75. The maximum Gasteiger partial charge on any atom is 0.307 e. The van der Waals surface area contributed by atoms with E-state index in [4.69, 9.17) is 4.74 Å². The van der Waals surface area contributed by atoms with Crippen LogP contribution in [0.25, 0.3) is 0 Å². The number of rotatable bonds is 4. The van der Waals surface area contributed by atoms with Crippen LogP contribution in [0.5, 0.6) is 5.75 Å². The Morgan fingerprint density at radius 3 is 2.88 bits per heavy atom. The number of carbonyl (C=O) groups excluding carboxylic acids is 1. The lowest BCUT2D eigenvalue weighted by Gasteiger charge is -2.09. The summed E-state index contributed by atoms with van der Waals surface area (Å²) in [5.74, 6) is 0.675. The molecule has 5 heteroatoms. The minimum atomic E-state index is -0.0245. The van der Waals surface area contributed by atoms with Gasteiger partial charge in [-0.2, -0.15) is 0 Å². The first kappa shape index (κ1) is 11.6. The van der Waals surface area contributed by atoms with Crippen molar-refractivity contribution in [2.45, 2.75) is 6.54 Å². The molecule has 88 valence electrons. The lowest BCUT2D eigenvalue weighted by atomic mass is 10.1. The van der Waals surface area contributed by atoms with Crippen molar-refractivity contribution in [1.29, 1.82) is 0 Å². The van der Waals surface area contributed by atoms with E-state index in [0.29, 0.717) is 17.9 Å². The predicted octanol–water partition coefficient (Wildman–Crippen LogP) is 1.78. The maximum absolute atomic E-state index is 11.4. The van der Waals surface area contributed by atoms with E-state index in [1.807, 2.05) is 0 Å². The number of carbonyl (C=O) groups is 1. The van der Waals surface area contributed by atoms with Crippen molar-refractivity contribution in [3.63, 3.8) is 0 Å². The molecule has 0 bridgehead atoms. The molecule has 0 saturated heterocycles. The van der Waals surface area contributed by atoms with E-state index in [1.54, 1.807) is 41.5 Å². The van der Waals surface area contributed by atoms with E-state index in [9.17, 15) is 9.59 Å². The zero-order valence-corrected chi connectivity index (χ0v) is 10.1. The van der Waals surface area contributed by atoms with Crippen molar-refractivity contribution < 1.29 is 9.53 Å². The fraction of sp³-hybridized carbons (Fsp3) is 0.167. The van der Waals surface area contributed by atoms with Crippen LogP contribution in [-0.2, 0) is 6.54 Å². The molecule has 1 heterocycles. The Morgan fingerprint density at radius 2 is 2.29 bits per heavy atom. The van der Waals surface area contributed by atoms with Crippen molar-refractivity contribution in [3.8, 4) is 5.75 Å². The molecular formula is C12H11NO3S. The Hall–Kier alpha value is -1.88. The number of nitrogens with zero attached hydrogens (tertiary/aromatic N) is 1. The van der Waals surface area contributed by atoms with Gasteiger partial charge in [0, 0.05) is 22.7 Å². The van der Waals surface area contributed by atoms with Gasteiger partial charge in [-0.05, 0) is 18.2 Å². The smallest absolute Gasteiger partial charge is 0.307 e. The van der Waals surface area contributed by atoms with Gasteiger partial charge in [-0.3, -0.25) is 9.59 Å². The van der Waals surface area contributed by atoms with Gasteiger partial charge in [0.1, 0.15) is 12.0 Å². The number of hydrogen-bond donors (Lipinski definition) is 0. The molecule has 1 aromatic heterocycles. The minimum Gasteiger partial charge on any atom is -0.496 e. The summed E-state index contributed by atoms with van der Waals surface area (Å²) in [6.45, 7) is 0.410. The zero-order chi connectivity index (χ0) is 12.3. The standard InChI is InChI=1S/C12H11NO3S/c1-16-11-3-2-9(8-14)6-10(11)7-13-4-5-17-12(13)15/h2-6,8H,7H2,1H3. The van der Waals surface area contributed by atoms with E-state index in [0.717, 1.165) is 23.2 Å². The van der Waals surface area contributed by atoms with Gasteiger partial charge in [-0.15, -0.1) is 0 Å². The molecule has 0 aliphatic rings. The number of aromatic nitrogens is 1. The molecule has 0 aliphatic carbocycles. The normalized spacial score (nSPS) is 10.2. The van der Waals surface area contributed by atoms with E-state index in [2.05, 4.69) is 0 Å².